The van der Waals surface area contributed by atoms with Crippen molar-refractivity contribution in [2.24, 2.45) is 0 Å². The summed E-state index contributed by atoms with van der Waals surface area (Å²) in [6.45, 7) is 4.83. The van der Waals surface area contributed by atoms with E-state index >= 15 is 0 Å². The molecule has 0 bridgehead atoms. The standard InChI is InChI=1S/C11H18N4O3/c1-2-17-11-9(12)10(14-7-15-11)13-5-8-6-16-3-4-18-8/h7-8H,2-6,12H2,1H3,(H,13,14,15). The topological polar surface area (TPSA) is 91.5 Å². The summed E-state index contributed by atoms with van der Waals surface area (Å²) in [6.07, 6.45) is 1.44. The van der Waals surface area contributed by atoms with E-state index in [1.807, 2.05) is 6.92 Å². The number of rotatable bonds is 5. The van der Waals surface area contributed by atoms with Crippen LogP contribution in [0.5, 0.6) is 5.88 Å². The first-order valence-corrected chi connectivity index (χ1v) is 5.97. The molecule has 3 N–H and O–H groups in total. The van der Waals surface area contributed by atoms with Gasteiger partial charge in [-0.1, -0.05) is 0 Å². The number of nitrogens with two attached hydrogens (primary N) is 1. The normalized spacial score (nSPS) is 19.5. The first-order valence-electron chi connectivity index (χ1n) is 5.97. The number of ether oxygens (including phenoxy) is 3. The molecule has 0 aliphatic carbocycles. The van der Waals surface area contributed by atoms with Crippen molar-refractivity contribution in [2.75, 3.05) is 44.0 Å². The lowest BCUT2D eigenvalue weighted by Crippen LogP contribution is -2.34. The number of hydrogen-bond acceptors (Lipinski definition) is 7. The molecule has 1 fully saturated rings. The number of hydrogen-bond donors (Lipinski definition) is 2. The Morgan fingerprint density at radius 1 is 1.50 bits per heavy atom. The van der Waals surface area contributed by atoms with Crippen LogP contribution in [0, 0.1) is 0 Å². The van der Waals surface area contributed by atoms with Crippen molar-refractivity contribution in [2.45, 2.75) is 13.0 Å². The van der Waals surface area contributed by atoms with E-state index in [-0.39, 0.29) is 6.10 Å². The summed E-state index contributed by atoms with van der Waals surface area (Å²) in [5, 5.41) is 3.12. The van der Waals surface area contributed by atoms with Gasteiger partial charge in [-0.15, -0.1) is 0 Å². The molecule has 1 aliphatic heterocycles. The quantitative estimate of drug-likeness (QED) is 0.780. The van der Waals surface area contributed by atoms with Crippen molar-refractivity contribution in [1.82, 2.24) is 9.97 Å². The lowest BCUT2D eigenvalue weighted by atomic mass is 10.3. The summed E-state index contributed by atoms with van der Waals surface area (Å²) in [4.78, 5) is 8.05. The zero-order chi connectivity index (χ0) is 12.8. The maximum absolute atomic E-state index is 5.90. The molecule has 100 valence electrons. The summed E-state index contributed by atoms with van der Waals surface area (Å²) in [7, 11) is 0. The smallest absolute Gasteiger partial charge is 0.242 e. The van der Waals surface area contributed by atoms with Crippen molar-refractivity contribution in [1.29, 1.82) is 0 Å². The largest absolute Gasteiger partial charge is 0.476 e. The number of nitrogen functional groups attached to an aromatic ring is 1. The van der Waals surface area contributed by atoms with E-state index in [1.54, 1.807) is 0 Å². The van der Waals surface area contributed by atoms with E-state index in [0.29, 0.717) is 50.4 Å². The molecule has 0 radical (unpaired) electrons. The van der Waals surface area contributed by atoms with Gasteiger partial charge in [-0.3, -0.25) is 0 Å². The molecule has 1 aromatic heterocycles. The van der Waals surface area contributed by atoms with Crippen LogP contribution in [0.15, 0.2) is 6.33 Å². The Kier molecular flexibility index (Phi) is 4.54. The van der Waals surface area contributed by atoms with Gasteiger partial charge < -0.3 is 25.3 Å². The average Bonchev–Trinajstić information content (AvgIpc) is 2.41. The lowest BCUT2D eigenvalue weighted by Gasteiger charge is -2.23. The van der Waals surface area contributed by atoms with Crippen LogP contribution in [0.4, 0.5) is 11.5 Å². The van der Waals surface area contributed by atoms with Gasteiger partial charge in [-0.2, -0.15) is 4.98 Å². The van der Waals surface area contributed by atoms with Gasteiger partial charge in [0, 0.05) is 6.54 Å². The summed E-state index contributed by atoms with van der Waals surface area (Å²) in [6, 6.07) is 0. The minimum absolute atomic E-state index is 0.0173. The van der Waals surface area contributed by atoms with Crippen LogP contribution in [0.1, 0.15) is 6.92 Å². The van der Waals surface area contributed by atoms with Crippen LogP contribution in [-0.4, -0.2) is 49.0 Å². The molecule has 1 atom stereocenters. The van der Waals surface area contributed by atoms with E-state index in [2.05, 4.69) is 15.3 Å². The van der Waals surface area contributed by atoms with Crippen LogP contribution < -0.4 is 15.8 Å². The molecule has 1 unspecified atom stereocenters. The molecule has 7 heteroatoms. The van der Waals surface area contributed by atoms with E-state index in [1.165, 1.54) is 6.33 Å². The summed E-state index contributed by atoms with van der Waals surface area (Å²) in [5.41, 5.74) is 6.31. The highest BCUT2D eigenvalue weighted by Gasteiger charge is 2.15. The molecule has 7 nitrogen and oxygen atoms in total. The molecule has 0 saturated carbocycles. The molecule has 1 saturated heterocycles. The zero-order valence-electron chi connectivity index (χ0n) is 10.4. The third-order valence-electron chi connectivity index (χ3n) is 2.51. The number of nitrogens with one attached hydrogen (secondary N) is 1. The maximum atomic E-state index is 5.90. The number of nitrogens with zero attached hydrogens (tertiary/aromatic N) is 2. The molecule has 18 heavy (non-hydrogen) atoms. The van der Waals surface area contributed by atoms with Gasteiger partial charge in [0.2, 0.25) is 5.88 Å². The van der Waals surface area contributed by atoms with Crippen LogP contribution >= 0.6 is 0 Å². The van der Waals surface area contributed by atoms with Gasteiger partial charge in [0.15, 0.2) is 5.82 Å². The minimum atomic E-state index is 0.0173. The Morgan fingerprint density at radius 2 is 2.39 bits per heavy atom. The zero-order valence-corrected chi connectivity index (χ0v) is 10.4. The van der Waals surface area contributed by atoms with E-state index in [0.717, 1.165) is 0 Å². The number of aromatic nitrogens is 2. The van der Waals surface area contributed by atoms with Crippen LogP contribution in [0.3, 0.4) is 0 Å². The van der Waals surface area contributed by atoms with Crippen molar-refractivity contribution in [3.63, 3.8) is 0 Å². The molecule has 2 heterocycles. The summed E-state index contributed by atoms with van der Waals surface area (Å²) < 4.78 is 16.1. The third kappa shape index (κ3) is 3.21. The second-order valence-electron chi connectivity index (χ2n) is 3.82. The average molecular weight is 254 g/mol. The van der Waals surface area contributed by atoms with Crippen molar-refractivity contribution < 1.29 is 14.2 Å². The van der Waals surface area contributed by atoms with Gasteiger partial charge in [0.25, 0.3) is 0 Å². The fourth-order valence-electron chi connectivity index (χ4n) is 1.64. The third-order valence-corrected chi connectivity index (χ3v) is 2.51. The van der Waals surface area contributed by atoms with Crippen LogP contribution in [-0.2, 0) is 9.47 Å². The summed E-state index contributed by atoms with van der Waals surface area (Å²) >= 11 is 0. The predicted octanol–water partition coefficient (Wildman–Crippen LogP) is 0.285. The summed E-state index contributed by atoms with van der Waals surface area (Å²) in [5.74, 6) is 0.957. The molecule has 0 amide bonds. The highest BCUT2D eigenvalue weighted by Crippen LogP contribution is 2.24. The van der Waals surface area contributed by atoms with Crippen LogP contribution in [0.2, 0.25) is 0 Å². The Balaban J connectivity index is 1.93. The molecule has 0 aromatic carbocycles. The minimum Gasteiger partial charge on any atom is -0.476 e. The molecule has 1 aromatic rings. The molecular weight excluding hydrogens is 236 g/mol. The van der Waals surface area contributed by atoms with Crippen molar-refractivity contribution in [3.8, 4) is 5.88 Å². The van der Waals surface area contributed by atoms with E-state index in [9.17, 15) is 0 Å². The first-order chi connectivity index (χ1) is 8.81. The monoisotopic (exact) mass is 254 g/mol. The van der Waals surface area contributed by atoms with Gasteiger partial charge >= 0.3 is 0 Å². The fraction of sp³-hybridized carbons (Fsp3) is 0.636. The SMILES string of the molecule is CCOc1ncnc(NCC2COCCO2)c1N. The fourth-order valence-corrected chi connectivity index (χ4v) is 1.64. The van der Waals surface area contributed by atoms with Gasteiger partial charge in [0.1, 0.15) is 12.0 Å². The Hall–Kier alpha value is -1.60. The van der Waals surface area contributed by atoms with Gasteiger partial charge in [0.05, 0.1) is 32.5 Å². The number of anilines is 2. The Bertz CT molecular complexity index is 383. The highest BCUT2D eigenvalue weighted by atomic mass is 16.6. The molecule has 2 rings (SSSR count). The highest BCUT2D eigenvalue weighted by molar-refractivity contribution is 5.66. The van der Waals surface area contributed by atoms with E-state index in [4.69, 9.17) is 19.9 Å². The maximum Gasteiger partial charge on any atom is 0.242 e. The Morgan fingerprint density at radius 3 is 3.11 bits per heavy atom. The second kappa shape index (κ2) is 6.36. The molecule has 1 aliphatic rings. The van der Waals surface area contributed by atoms with E-state index < -0.39 is 0 Å². The predicted molar refractivity (Wildman–Crippen MR) is 66.7 cm³/mol. The van der Waals surface area contributed by atoms with Crippen LogP contribution in [0.25, 0.3) is 0 Å². The Labute approximate surface area is 106 Å². The van der Waals surface area contributed by atoms with Gasteiger partial charge in [-0.05, 0) is 6.92 Å². The second-order valence-corrected chi connectivity index (χ2v) is 3.82. The lowest BCUT2D eigenvalue weighted by molar-refractivity contribution is -0.0819. The van der Waals surface area contributed by atoms with Gasteiger partial charge in [-0.25, -0.2) is 4.98 Å². The molecule has 0 spiro atoms. The molecular formula is C11H18N4O3. The first kappa shape index (κ1) is 12.8. The van der Waals surface area contributed by atoms with Crippen molar-refractivity contribution >= 4 is 11.5 Å². The van der Waals surface area contributed by atoms with Crippen molar-refractivity contribution in [3.05, 3.63) is 6.33 Å².